The second-order valence-corrected chi connectivity index (χ2v) is 6.18. The predicted octanol–water partition coefficient (Wildman–Crippen LogP) is 3.53. The molecule has 0 aromatic heterocycles. The second kappa shape index (κ2) is 9.30. The van der Waals surface area contributed by atoms with Crippen molar-refractivity contribution in [2.45, 2.75) is 13.0 Å². The van der Waals surface area contributed by atoms with E-state index in [-0.39, 0.29) is 11.9 Å². The van der Waals surface area contributed by atoms with E-state index in [4.69, 9.17) is 16.3 Å². The van der Waals surface area contributed by atoms with Crippen molar-refractivity contribution in [3.63, 3.8) is 0 Å². The second-order valence-electron chi connectivity index (χ2n) is 5.74. The highest BCUT2D eigenvalue weighted by atomic mass is 35.5. The van der Waals surface area contributed by atoms with Crippen LogP contribution in [0.15, 0.2) is 54.6 Å². The van der Waals surface area contributed by atoms with Gasteiger partial charge in [-0.1, -0.05) is 41.9 Å². The van der Waals surface area contributed by atoms with Crippen molar-refractivity contribution < 1.29 is 9.53 Å². The molecule has 2 aromatic rings. The molecule has 4 nitrogen and oxygen atoms in total. The van der Waals surface area contributed by atoms with Crippen LogP contribution in [-0.2, 0) is 4.79 Å². The number of hydrogen-bond donors (Lipinski definition) is 1. The van der Waals surface area contributed by atoms with Crippen LogP contribution >= 0.6 is 11.6 Å². The zero-order chi connectivity index (χ0) is 17.4. The van der Waals surface area contributed by atoms with E-state index < -0.39 is 0 Å². The quantitative estimate of drug-likeness (QED) is 0.795. The van der Waals surface area contributed by atoms with Gasteiger partial charge in [0.2, 0.25) is 5.91 Å². The number of hydrogen-bond acceptors (Lipinski definition) is 3. The van der Waals surface area contributed by atoms with Crippen LogP contribution in [0.25, 0.3) is 0 Å². The Balaban J connectivity index is 1.68. The van der Waals surface area contributed by atoms with Gasteiger partial charge in [-0.15, -0.1) is 0 Å². The van der Waals surface area contributed by atoms with Crippen LogP contribution in [0.1, 0.15) is 18.5 Å². The van der Waals surface area contributed by atoms with E-state index in [1.165, 1.54) is 0 Å². The third kappa shape index (κ3) is 6.22. The fourth-order valence-corrected chi connectivity index (χ4v) is 2.41. The van der Waals surface area contributed by atoms with Crippen molar-refractivity contribution in [3.05, 3.63) is 65.2 Å². The first-order valence-electron chi connectivity index (χ1n) is 7.96. The van der Waals surface area contributed by atoms with Crippen molar-refractivity contribution in [1.29, 1.82) is 0 Å². The number of carbonyl (C=O) groups excluding carboxylic acids is 1. The van der Waals surface area contributed by atoms with E-state index in [9.17, 15) is 4.79 Å². The molecule has 24 heavy (non-hydrogen) atoms. The predicted molar refractivity (Wildman–Crippen MR) is 97.4 cm³/mol. The Bertz CT molecular complexity index is 632. The minimum atomic E-state index is -0.00239. The van der Waals surface area contributed by atoms with Gasteiger partial charge in [-0.25, -0.2) is 0 Å². The van der Waals surface area contributed by atoms with Crippen LogP contribution in [-0.4, -0.2) is 37.6 Å². The standard InChI is InChI=1S/C19H23ClN2O2/c1-15(16-6-4-3-5-7-16)21-19(23)14-22(2)12-13-24-18-10-8-17(20)9-11-18/h3-11,15H,12-14H2,1-2H3,(H,21,23). The number of likely N-dealkylation sites (N-methyl/N-ethyl adjacent to an activating group) is 1. The van der Waals surface area contributed by atoms with Crippen LogP contribution in [0.2, 0.25) is 5.02 Å². The van der Waals surface area contributed by atoms with Gasteiger partial charge in [-0.2, -0.15) is 0 Å². The van der Waals surface area contributed by atoms with E-state index in [1.807, 2.05) is 61.3 Å². The van der Waals surface area contributed by atoms with E-state index in [0.29, 0.717) is 24.7 Å². The van der Waals surface area contributed by atoms with Crippen LogP contribution in [0.5, 0.6) is 5.75 Å². The highest BCUT2D eigenvalue weighted by Crippen LogP contribution is 2.15. The number of rotatable bonds is 8. The first kappa shape index (κ1) is 18.3. The molecule has 0 aliphatic carbocycles. The summed E-state index contributed by atoms with van der Waals surface area (Å²) in [5, 5.41) is 3.69. The minimum absolute atomic E-state index is 0.000320. The number of benzene rings is 2. The molecular weight excluding hydrogens is 324 g/mol. The maximum atomic E-state index is 12.1. The first-order chi connectivity index (χ1) is 11.5. The lowest BCUT2D eigenvalue weighted by atomic mass is 10.1. The van der Waals surface area contributed by atoms with Gasteiger partial charge in [0, 0.05) is 11.6 Å². The molecule has 0 radical (unpaired) electrons. The van der Waals surface area contributed by atoms with E-state index in [0.717, 1.165) is 11.3 Å². The summed E-state index contributed by atoms with van der Waals surface area (Å²) >= 11 is 5.83. The third-order valence-corrected chi connectivity index (χ3v) is 3.90. The maximum Gasteiger partial charge on any atom is 0.234 e. The third-order valence-electron chi connectivity index (χ3n) is 3.65. The monoisotopic (exact) mass is 346 g/mol. The normalized spacial score (nSPS) is 12.0. The highest BCUT2D eigenvalue weighted by Gasteiger charge is 2.11. The molecule has 128 valence electrons. The van der Waals surface area contributed by atoms with Gasteiger partial charge < -0.3 is 10.1 Å². The van der Waals surface area contributed by atoms with E-state index in [2.05, 4.69) is 5.32 Å². The van der Waals surface area contributed by atoms with Crippen molar-refractivity contribution in [2.24, 2.45) is 0 Å². The Morgan fingerprint density at radius 1 is 1.17 bits per heavy atom. The molecule has 0 aliphatic rings. The summed E-state index contributed by atoms with van der Waals surface area (Å²) < 4.78 is 5.63. The van der Waals surface area contributed by atoms with Crippen molar-refractivity contribution in [2.75, 3.05) is 26.7 Å². The lowest BCUT2D eigenvalue weighted by Gasteiger charge is -2.19. The number of nitrogens with zero attached hydrogens (tertiary/aromatic N) is 1. The van der Waals surface area contributed by atoms with Gasteiger partial charge in [0.25, 0.3) is 0 Å². The molecule has 1 unspecified atom stereocenters. The number of halogens is 1. The van der Waals surface area contributed by atoms with Gasteiger partial charge in [-0.3, -0.25) is 9.69 Å². The Labute approximate surface area is 148 Å². The van der Waals surface area contributed by atoms with Crippen LogP contribution in [0.4, 0.5) is 0 Å². The maximum absolute atomic E-state index is 12.1. The van der Waals surface area contributed by atoms with Crippen LogP contribution < -0.4 is 10.1 Å². The number of nitrogens with one attached hydrogen (secondary N) is 1. The van der Waals surface area contributed by atoms with Gasteiger partial charge in [0.05, 0.1) is 12.6 Å². The van der Waals surface area contributed by atoms with Gasteiger partial charge in [0.15, 0.2) is 0 Å². The molecule has 5 heteroatoms. The van der Waals surface area contributed by atoms with Crippen LogP contribution in [0.3, 0.4) is 0 Å². The average molecular weight is 347 g/mol. The summed E-state index contributed by atoms with van der Waals surface area (Å²) in [4.78, 5) is 14.0. The van der Waals surface area contributed by atoms with Gasteiger partial charge in [0.1, 0.15) is 12.4 Å². The summed E-state index contributed by atoms with van der Waals surface area (Å²) in [6, 6.07) is 17.2. The molecule has 1 amide bonds. The molecule has 0 bridgehead atoms. The number of amides is 1. The van der Waals surface area contributed by atoms with E-state index in [1.54, 1.807) is 12.1 Å². The summed E-state index contributed by atoms with van der Waals surface area (Å²) in [5.74, 6) is 0.773. The molecule has 0 spiro atoms. The van der Waals surface area contributed by atoms with Crippen molar-refractivity contribution in [3.8, 4) is 5.75 Å². The lowest BCUT2D eigenvalue weighted by Crippen LogP contribution is -2.38. The molecular formula is C19H23ClN2O2. The Morgan fingerprint density at radius 2 is 1.83 bits per heavy atom. The topological polar surface area (TPSA) is 41.6 Å². The Hall–Kier alpha value is -2.04. The molecule has 1 N–H and O–H groups in total. The highest BCUT2D eigenvalue weighted by molar-refractivity contribution is 6.30. The minimum Gasteiger partial charge on any atom is -0.492 e. The summed E-state index contributed by atoms with van der Waals surface area (Å²) in [5.41, 5.74) is 1.10. The summed E-state index contributed by atoms with van der Waals surface area (Å²) in [6.07, 6.45) is 0. The molecule has 1 atom stereocenters. The summed E-state index contributed by atoms with van der Waals surface area (Å²) in [7, 11) is 1.90. The number of carbonyl (C=O) groups is 1. The molecule has 0 saturated carbocycles. The molecule has 0 saturated heterocycles. The lowest BCUT2D eigenvalue weighted by molar-refractivity contribution is -0.122. The fourth-order valence-electron chi connectivity index (χ4n) is 2.29. The summed E-state index contributed by atoms with van der Waals surface area (Å²) in [6.45, 7) is 3.49. The average Bonchev–Trinajstić information content (AvgIpc) is 2.57. The zero-order valence-corrected chi connectivity index (χ0v) is 14.8. The molecule has 0 aliphatic heterocycles. The Morgan fingerprint density at radius 3 is 2.50 bits per heavy atom. The SMILES string of the molecule is CC(NC(=O)CN(C)CCOc1ccc(Cl)cc1)c1ccccc1. The smallest absolute Gasteiger partial charge is 0.234 e. The number of ether oxygens (including phenoxy) is 1. The molecule has 0 heterocycles. The largest absolute Gasteiger partial charge is 0.492 e. The van der Waals surface area contributed by atoms with Crippen LogP contribution in [0, 0.1) is 0 Å². The molecule has 0 fully saturated rings. The van der Waals surface area contributed by atoms with Crippen molar-refractivity contribution >= 4 is 17.5 Å². The van der Waals surface area contributed by atoms with E-state index >= 15 is 0 Å². The van der Waals surface area contributed by atoms with Gasteiger partial charge in [-0.05, 0) is 43.8 Å². The van der Waals surface area contributed by atoms with Crippen molar-refractivity contribution in [1.82, 2.24) is 10.2 Å². The first-order valence-corrected chi connectivity index (χ1v) is 8.33. The Kier molecular flexibility index (Phi) is 7.09. The zero-order valence-electron chi connectivity index (χ0n) is 14.0. The molecule has 2 aromatic carbocycles. The van der Waals surface area contributed by atoms with Gasteiger partial charge >= 0.3 is 0 Å². The molecule has 2 rings (SSSR count). The fraction of sp³-hybridized carbons (Fsp3) is 0.316.